The third-order valence-corrected chi connectivity index (χ3v) is 3.50. The molecule has 2 nitrogen and oxygen atoms in total. The third kappa shape index (κ3) is 4.21. The monoisotopic (exact) mass is 246 g/mol. The average Bonchev–Trinajstić information content (AvgIpc) is 2.76. The number of thiophene rings is 1. The standard InChI is InChI=1S/C14H18N2S/c1-12-7-8-14(17-12)11-15-9-10-16-13-5-3-2-4-6-13/h2-8,15-16H,9-11H2,1H3. The number of aryl methyl sites for hydroxylation is 1. The molecule has 0 spiro atoms. The Balaban J connectivity index is 1.61. The molecule has 1 heterocycles. The summed E-state index contributed by atoms with van der Waals surface area (Å²) in [6.45, 7) is 5.04. The summed E-state index contributed by atoms with van der Waals surface area (Å²) in [5, 5.41) is 6.81. The first kappa shape index (κ1) is 12.1. The molecule has 0 bridgehead atoms. The summed E-state index contributed by atoms with van der Waals surface area (Å²) < 4.78 is 0. The van der Waals surface area contributed by atoms with Crippen LogP contribution in [0.25, 0.3) is 0 Å². The van der Waals surface area contributed by atoms with Crippen molar-refractivity contribution in [2.75, 3.05) is 18.4 Å². The van der Waals surface area contributed by atoms with Crippen molar-refractivity contribution in [3.63, 3.8) is 0 Å². The summed E-state index contributed by atoms with van der Waals surface area (Å²) in [6.07, 6.45) is 0. The Labute approximate surface area is 107 Å². The zero-order valence-electron chi connectivity index (χ0n) is 10.1. The van der Waals surface area contributed by atoms with Crippen LogP contribution in [0.2, 0.25) is 0 Å². The number of anilines is 1. The van der Waals surface area contributed by atoms with Crippen molar-refractivity contribution in [3.8, 4) is 0 Å². The summed E-state index contributed by atoms with van der Waals surface area (Å²) in [5.74, 6) is 0. The number of para-hydroxylation sites is 1. The van der Waals surface area contributed by atoms with Gasteiger partial charge in [-0.1, -0.05) is 18.2 Å². The maximum absolute atomic E-state index is 3.43. The van der Waals surface area contributed by atoms with Crippen LogP contribution in [0.1, 0.15) is 9.75 Å². The molecule has 0 atom stereocenters. The van der Waals surface area contributed by atoms with Gasteiger partial charge in [0.05, 0.1) is 0 Å². The topological polar surface area (TPSA) is 24.1 Å². The van der Waals surface area contributed by atoms with Gasteiger partial charge in [0.2, 0.25) is 0 Å². The lowest BCUT2D eigenvalue weighted by Gasteiger charge is -2.06. The molecule has 0 fully saturated rings. The fourth-order valence-electron chi connectivity index (χ4n) is 1.64. The summed E-state index contributed by atoms with van der Waals surface area (Å²) in [5.41, 5.74) is 1.18. The average molecular weight is 246 g/mol. The van der Waals surface area contributed by atoms with Gasteiger partial charge in [0, 0.05) is 35.1 Å². The molecule has 0 aliphatic rings. The van der Waals surface area contributed by atoms with E-state index in [1.54, 1.807) is 0 Å². The van der Waals surface area contributed by atoms with E-state index in [2.05, 4.69) is 41.8 Å². The van der Waals surface area contributed by atoms with E-state index in [0.29, 0.717) is 0 Å². The van der Waals surface area contributed by atoms with Gasteiger partial charge in [-0.25, -0.2) is 0 Å². The Bertz CT molecular complexity index is 436. The molecule has 17 heavy (non-hydrogen) atoms. The van der Waals surface area contributed by atoms with Crippen LogP contribution >= 0.6 is 11.3 Å². The van der Waals surface area contributed by atoms with Gasteiger partial charge >= 0.3 is 0 Å². The predicted molar refractivity (Wildman–Crippen MR) is 75.7 cm³/mol. The number of benzene rings is 1. The van der Waals surface area contributed by atoms with Gasteiger partial charge in [-0.05, 0) is 31.2 Å². The third-order valence-electron chi connectivity index (χ3n) is 2.50. The van der Waals surface area contributed by atoms with E-state index >= 15 is 0 Å². The molecule has 2 aromatic rings. The number of nitrogens with one attached hydrogen (secondary N) is 2. The Kier molecular flexibility index (Phi) is 4.59. The van der Waals surface area contributed by atoms with E-state index in [1.165, 1.54) is 15.4 Å². The number of hydrogen-bond donors (Lipinski definition) is 2. The fraction of sp³-hybridized carbons (Fsp3) is 0.286. The zero-order chi connectivity index (χ0) is 11.9. The van der Waals surface area contributed by atoms with Gasteiger partial charge in [0.15, 0.2) is 0 Å². The van der Waals surface area contributed by atoms with Crippen molar-refractivity contribution in [3.05, 3.63) is 52.2 Å². The largest absolute Gasteiger partial charge is 0.384 e. The molecule has 1 aromatic carbocycles. The molecule has 0 unspecified atom stereocenters. The number of hydrogen-bond acceptors (Lipinski definition) is 3. The second-order valence-electron chi connectivity index (χ2n) is 3.98. The smallest absolute Gasteiger partial charge is 0.0340 e. The molecular formula is C14H18N2S. The maximum atomic E-state index is 3.43. The first-order chi connectivity index (χ1) is 8.34. The summed E-state index contributed by atoms with van der Waals surface area (Å²) in [7, 11) is 0. The van der Waals surface area contributed by atoms with E-state index in [1.807, 2.05) is 29.5 Å². The maximum Gasteiger partial charge on any atom is 0.0340 e. The highest BCUT2D eigenvalue weighted by molar-refractivity contribution is 7.11. The molecule has 0 saturated heterocycles. The van der Waals surface area contributed by atoms with Gasteiger partial charge in [-0.2, -0.15) is 0 Å². The van der Waals surface area contributed by atoms with Crippen molar-refractivity contribution in [1.82, 2.24) is 5.32 Å². The highest BCUT2D eigenvalue weighted by atomic mass is 32.1. The minimum atomic E-state index is 0.953. The number of rotatable bonds is 6. The van der Waals surface area contributed by atoms with Crippen molar-refractivity contribution in [2.24, 2.45) is 0 Å². The minimum Gasteiger partial charge on any atom is -0.384 e. The minimum absolute atomic E-state index is 0.953. The van der Waals surface area contributed by atoms with Gasteiger partial charge in [-0.3, -0.25) is 0 Å². The molecule has 0 saturated carbocycles. The highest BCUT2D eigenvalue weighted by Gasteiger charge is 1.95. The van der Waals surface area contributed by atoms with Crippen molar-refractivity contribution < 1.29 is 0 Å². The molecule has 0 amide bonds. The van der Waals surface area contributed by atoms with Crippen molar-refractivity contribution in [2.45, 2.75) is 13.5 Å². The lowest BCUT2D eigenvalue weighted by Crippen LogP contribution is -2.21. The Hall–Kier alpha value is -1.32. The van der Waals surface area contributed by atoms with E-state index in [4.69, 9.17) is 0 Å². The van der Waals surface area contributed by atoms with E-state index in [-0.39, 0.29) is 0 Å². The van der Waals surface area contributed by atoms with Crippen LogP contribution in [-0.4, -0.2) is 13.1 Å². The van der Waals surface area contributed by atoms with Crippen LogP contribution in [0.3, 0.4) is 0 Å². The van der Waals surface area contributed by atoms with Crippen LogP contribution in [0, 0.1) is 6.92 Å². The van der Waals surface area contributed by atoms with Crippen LogP contribution in [0.4, 0.5) is 5.69 Å². The summed E-state index contributed by atoms with van der Waals surface area (Å²) in [4.78, 5) is 2.78. The van der Waals surface area contributed by atoms with Gasteiger partial charge in [0.25, 0.3) is 0 Å². The fourth-order valence-corrected chi connectivity index (χ4v) is 2.50. The molecule has 2 N–H and O–H groups in total. The normalized spacial score (nSPS) is 10.4. The molecule has 1 aromatic heterocycles. The highest BCUT2D eigenvalue weighted by Crippen LogP contribution is 2.14. The Morgan fingerprint density at radius 3 is 2.53 bits per heavy atom. The zero-order valence-corrected chi connectivity index (χ0v) is 10.9. The molecule has 2 rings (SSSR count). The van der Waals surface area contributed by atoms with Crippen LogP contribution in [0.15, 0.2) is 42.5 Å². The summed E-state index contributed by atoms with van der Waals surface area (Å²) >= 11 is 1.86. The van der Waals surface area contributed by atoms with E-state index in [9.17, 15) is 0 Å². The lowest BCUT2D eigenvalue weighted by atomic mass is 10.3. The van der Waals surface area contributed by atoms with Gasteiger partial charge < -0.3 is 10.6 Å². The SMILES string of the molecule is Cc1ccc(CNCCNc2ccccc2)s1. The quantitative estimate of drug-likeness (QED) is 0.765. The molecule has 3 heteroatoms. The van der Waals surface area contributed by atoms with Crippen LogP contribution in [0.5, 0.6) is 0 Å². The van der Waals surface area contributed by atoms with Crippen LogP contribution < -0.4 is 10.6 Å². The lowest BCUT2D eigenvalue weighted by molar-refractivity contribution is 0.714. The van der Waals surface area contributed by atoms with Gasteiger partial charge in [0.1, 0.15) is 0 Å². The second-order valence-corrected chi connectivity index (χ2v) is 5.35. The molecule has 0 aliphatic carbocycles. The van der Waals surface area contributed by atoms with E-state index in [0.717, 1.165) is 19.6 Å². The first-order valence-corrected chi connectivity index (χ1v) is 6.71. The second kappa shape index (κ2) is 6.42. The van der Waals surface area contributed by atoms with Crippen LogP contribution in [-0.2, 0) is 6.54 Å². The first-order valence-electron chi connectivity index (χ1n) is 5.89. The Morgan fingerprint density at radius 1 is 1.00 bits per heavy atom. The van der Waals surface area contributed by atoms with Gasteiger partial charge in [-0.15, -0.1) is 11.3 Å². The Morgan fingerprint density at radius 2 is 1.82 bits per heavy atom. The predicted octanol–water partition coefficient (Wildman–Crippen LogP) is 3.26. The van der Waals surface area contributed by atoms with E-state index < -0.39 is 0 Å². The molecule has 90 valence electrons. The van der Waals surface area contributed by atoms with Crippen molar-refractivity contribution >= 4 is 17.0 Å². The molecule has 0 radical (unpaired) electrons. The summed E-state index contributed by atoms with van der Waals surface area (Å²) in [6, 6.07) is 14.7. The molecule has 0 aliphatic heterocycles. The van der Waals surface area contributed by atoms with Crippen molar-refractivity contribution in [1.29, 1.82) is 0 Å². The molecular weight excluding hydrogens is 228 g/mol.